The van der Waals surface area contributed by atoms with Crippen molar-refractivity contribution in [2.24, 2.45) is 0 Å². The Bertz CT molecular complexity index is 706. The first-order valence-electron chi connectivity index (χ1n) is 8.19. The van der Waals surface area contributed by atoms with Crippen molar-refractivity contribution in [2.75, 3.05) is 26.2 Å². The molecule has 126 valence electrons. The molecule has 0 saturated carbocycles. The van der Waals surface area contributed by atoms with E-state index >= 15 is 0 Å². The van der Waals surface area contributed by atoms with Crippen LogP contribution in [0.25, 0.3) is 0 Å². The molecule has 1 unspecified atom stereocenters. The number of carbonyl (C=O) groups is 1. The molecule has 0 aliphatic heterocycles. The minimum Gasteiger partial charge on any atom is -0.469 e. The standard InChI is InChI=1S/C11H22O8S2/c1-17-11(12)7-5-4-6-10(19-21(3,15)16)8-9-18-20(2,13)14/h10H,4-9H2,1-3H3/i6D2,8D2,10D. The predicted octanol–water partition coefficient (Wildman–Crippen LogP) is 0.431. The summed E-state index contributed by atoms with van der Waals surface area (Å²) in [7, 11) is -7.55. The molecule has 21 heavy (non-hydrogen) atoms. The summed E-state index contributed by atoms with van der Waals surface area (Å²) in [5.74, 6) is -0.677. The number of hydrogen-bond donors (Lipinski definition) is 0. The first kappa shape index (κ1) is 12.8. The molecule has 0 N–H and O–H groups in total. The quantitative estimate of drug-likeness (QED) is 0.389. The highest BCUT2D eigenvalue weighted by Crippen LogP contribution is 2.13. The summed E-state index contributed by atoms with van der Waals surface area (Å²) in [6.07, 6.45) is -9.49. The molecule has 0 amide bonds. The highest BCUT2D eigenvalue weighted by molar-refractivity contribution is 7.86. The largest absolute Gasteiger partial charge is 0.469 e. The van der Waals surface area contributed by atoms with Crippen molar-refractivity contribution in [3.8, 4) is 0 Å². The molecule has 0 saturated heterocycles. The molecule has 0 aromatic rings. The Kier molecular flexibility index (Phi) is 5.69. The molecule has 0 rings (SSSR count). The van der Waals surface area contributed by atoms with Crippen LogP contribution in [0.1, 0.15) is 38.9 Å². The second-order valence-electron chi connectivity index (χ2n) is 3.87. The van der Waals surface area contributed by atoms with E-state index in [4.69, 9.17) is 6.85 Å². The van der Waals surface area contributed by atoms with Crippen LogP contribution in [0.5, 0.6) is 0 Å². The van der Waals surface area contributed by atoms with Gasteiger partial charge in [0.1, 0.15) is 0 Å². The Hall–Kier alpha value is -0.710. The highest BCUT2D eigenvalue weighted by Gasteiger charge is 2.16. The van der Waals surface area contributed by atoms with Gasteiger partial charge in [-0.3, -0.25) is 13.2 Å². The number of esters is 1. The lowest BCUT2D eigenvalue weighted by Gasteiger charge is -2.15. The molecule has 0 heterocycles. The van der Waals surface area contributed by atoms with Crippen LogP contribution in [0, 0.1) is 0 Å². The lowest BCUT2D eigenvalue weighted by molar-refractivity contribution is -0.140. The van der Waals surface area contributed by atoms with Crippen molar-refractivity contribution in [3.05, 3.63) is 0 Å². The van der Waals surface area contributed by atoms with Crippen LogP contribution in [0.4, 0.5) is 0 Å². The topological polar surface area (TPSA) is 113 Å². The molecule has 0 radical (unpaired) electrons. The average molecular weight is 351 g/mol. The number of hydrogen-bond acceptors (Lipinski definition) is 8. The molecular weight excluding hydrogens is 324 g/mol. The predicted molar refractivity (Wildman–Crippen MR) is 75.6 cm³/mol. The van der Waals surface area contributed by atoms with E-state index in [1.54, 1.807) is 0 Å². The highest BCUT2D eigenvalue weighted by atomic mass is 32.2. The van der Waals surface area contributed by atoms with E-state index < -0.39 is 58.1 Å². The summed E-state index contributed by atoms with van der Waals surface area (Å²) in [6, 6.07) is 0. The van der Waals surface area contributed by atoms with Gasteiger partial charge >= 0.3 is 5.97 Å². The van der Waals surface area contributed by atoms with E-state index in [9.17, 15) is 21.6 Å². The Labute approximate surface area is 133 Å². The van der Waals surface area contributed by atoms with Crippen LogP contribution in [0.2, 0.25) is 0 Å². The second-order valence-corrected chi connectivity index (χ2v) is 7.08. The smallest absolute Gasteiger partial charge is 0.305 e. The monoisotopic (exact) mass is 351 g/mol. The molecule has 0 aromatic heterocycles. The third kappa shape index (κ3) is 14.0. The van der Waals surface area contributed by atoms with Gasteiger partial charge in [0.2, 0.25) is 0 Å². The fourth-order valence-corrected chi connectivity index (χ4v) is 1.71. The van der Waals surface area contributed by atoms with Crippen molar-refractivity contribution in [1.29, 1.82) is 0 Å². The molecule has 0 aromatic carbocycles. The molecular formula is C11H22O8S2. The third-order valence-corrected chi connectivity index (χ3v) is 2.83. The minimum absolute atomic E-state index is 0.198. The second kappa shape index (κ2) is 9.34. The van der Waals surface area contributed by atoms with Crippen LogP contribution >= 0.6 is 0 Å². The fourth-order valence-electron chi connectivity index (χ4n) is 1.01. The van der Waals surface area contributed by atoms with Gasteiger partial charge < -0.3 is 4.74 Å². The van der Waals surface area contributed by atoms with Crippen LogP contribution in [-0.4, -0.2) is 55.1 Å². The fraction of sp³-hybridized carbons (Fsp3) is 0.909. The third-order valence-electron chi connectivity index (χ3n) is 1.81. The average Bonchev–Trinajstić information content (AvgIpc) is 2.42. The number of rotatable bonds is 11. The lowest BCUT2D eigenvalue weighted by atomic mass is 10.1. The Morgan fingerprint density at radius 2 is 1.76 bits per heavy atom. The first-order chi connectivity index (χ1) is 11.4. The van der Waals surface area contributed by atoms with Gasteiger partial charge in [-0.15, -0.1) is 0 Å². The van der Waals surface area contributed by atoms with Gasteiger partial charge in [0.25, 0.3) is 20.2 Å². The molecule has 0 bridgehead atoms. The summed E-state index contributed by atoms with van der Waals surface area (Å²) in [5.41, 5.74) is 0. The van der Waals surface area contributed by atoms with Crippen molar-refractivity contribution in [2.45, 2.75) is 38.1 Å². The number of ether oxygens (including phenoxy) is 1. The zero-order chi connectivity index (χ0) is 21.0. The van der Waals surface area contributed by atoms with E-state index in [0.717, 1.165) is 7.11 Å². The van der Waals surface area contributed by atoms with Crippen LogP contribution in [0.15, 0.2) is 0 Å². The molecule has 0 fully saturated rings. The van der Waals surface area contributed by atoms with Crippen molar-refractivity contribution >= 4 is 26.2 Å². The van der Waals surface area contributed by atoms with E-state index in [1.165, 1.54) is 0 Å². The van der Waals surface area contributed by atoms with Gasteiger partial charge in [0.15, 0.2) is 0 Å². The first-order valence-corrected chi connectivity index (χ1v) is 9.32. The van der Waals surface area contributed by atoms with Crippen molar-refractivity contribution < 1.29 is 41.6 Å². The van der Waals surface area contributed by atoms with Crippen molar-refractivity contribution in [1.82, 2.24) is 0 Å². The van der Waals surface area contributed by atoms with Crippen LogP contribution in [0.3, 0.4) is 0 Å². The van der Waals surface area contributed by atoms with Gasteiger partial charge in [-0.05, 0) is 19.2 Å². The SMILES string of the molecule is [2H]C([2H])(CCCC(=O)OC)C([2H])(OS(C)(=O)=O)C([2H])([2H])COS(C)(=O)=O. The Morgan fingerprint density at radius 3 is 2.24 bits per heavy atom. The zero-order valence-electron chi connectivity index (χ0n) is 16.9. The van der Waals surface area contributed by atoms with E-state index in [1.807, 2.05) is 0 Å². The number of carbonyl (C=O) groups excluding carboxylic acids is 1. The molecule has 10 heteroatoms. The molecule has 1 atom stereocenters. The molecule has 0 spiro atoms. The summed E-state index contributed by atoms with van der Waals surface area (Å²) < 4.78 is 97.7. The summed E-state index contributed by atoms with van der Waals surface area (Å²) >= 11 is 0. The lowest BCUT2D eigenvalue weighted by Crippen LogP contribution is -2.20. The molecule has 8 nitrogen and oxygen atoms in total. The Morgan fingerprint density at radius 1 is 1.14 bits per heavy atom. The van der Waals surface area contributed by atoms with Gasteiger partial charge in [-0.25, -0.2) is 0 Å². The van der Waals surface area contributed by atoms with E-state index in [0.29, 0.717) is 12.5 Å². The van der Waals surface area contributed by atoms with Gasteiger partial charge in [0.05, 0.1) is 33.7 Å². The van der Waals surface area contributed by atoms with Crippen molar-refractivity contribution in [3.63, 3.8) is 0 Å². The maximum atomic E-state index is 11.5. The zero-order valence-corrected chi connectivity index (χ0v) is 13.5. The molecule has 0 aliphatic carbocycles. The van der Waals surface area contributed by atoms with E-state index in [2.05, 4.69) is 13.1 Å². The van der Waals surface area contributed by atoms with Crippen LogP contribution in [-0.2, 0) is 38.1 Å². The van der Waals surface area contributed by atoms with Gasteiger partial charge in [-0.1, -0.05) is 6.42 Å². The summed E-state index contributed by atoms with van der Waals surface area (Å²) in [5, 5.41) is 0. The summed E-state index contributed by atoms with van der Waals surface area (Å²) in [6.45, 7) is -1.35. The number of methoxy groups -OCH3 is 1. The van der Waals surface area contributed by atoms with Crippen LogP contribution < -0.4 is 0 Å². The minimum atomic E-state index is -4.51. The summed E-state index contributed by atoms with van der Waals surface area (Å²) in [4.78, 5) is 11.1. The van der Waals surface area contributed by atoms with E-state index in [-0.39, 0.29) is 12.8 Å². The maximum absolute atomic E-state index is 11.5. The maximum Gasteiger partial charge on any atom is 0.305 e. The van der Waals surface area contributed by atoms with Gasteiger partial charge in [0, 0.05) is 11.9 Å². The van der Waals surface area contributed by atoms with Gasteiger partial charge in [-0.2, -0.15) is 16.8 Å². The Balaban J connectivity index is 5.74. The normalized spacial score (nSPS) is 20.2. The molecule has 0 aliphatic rings.